The first kappa shape index (κ1) is 24.4. The fraction of sp³-hybridized carbons (Fsp3) is 0. The molecule has 0 unspecified atom stereocenters. The van der Waals surface area contributed by atoms with Gasteiger partial charge in [0.15, 0.2) is 0 Å². The molecule has 40 heavy (non-hydrogen) atoms. The van der Waals surface area contributed by atoms with E-state index in [0.717, 1.165) is 55.0 Å². The Labute approximate surface area is 245 Å². The van der Waals surface area contributed by atoms with Crippen molar-refractivity contribution in [3.05, 3.63) is 134 Å². The van der Waals surface area contributed by atoms with Crippen LogP contribution >= 0.6 is 0 Å². The Hall–Kier alpha value is -4.60. The van der Waals surface area contributed by atoms with Gasteiger partial charge >= 0.3 is 0 Å². The number of anilines is 2. The number of hydrogen-bond acceptors (Lipinski definition) is 5. The SMILES string of the molecule is [Pt].[c-]1c(Oc2[c-]c3c(ccc4cccnc43)c3oc4ccccc4c23)cccc1N1C=CN(c2ccccc2)[CH-]1. The third-order valence-electron chi connectivity index (χ3n) is 7.01. The minimum Gasteiger partial charge on any atom is -0.502 e. The molecule has 0 atom stereocenters. The molecule has 0 spiro atoms. The van der Waals surface area contributed by atoms with E-state index in [4.69, 9.17) is 9.15 Å². The Morgan fingerprint density at radius 1 is 0.750 bits per heavy atom. The molecular weight excluding hydrogens is 677 g/mol. The summed E-state index contributed by atoms with van der Waals surface area (Å²) in [5.74, 6) is 1.17. The van der Waals surface area contributed by atoms with Crippen LogP contribution in [0.3, 0.4) is 0 Å². The van der Waals surface area contributed by atoms with Gasteiger partial charge in [-0.2, -0.15) is 6.07 Å². The van der Waals surface area contributed by atoms with Gasteiger partial charge < -0.3 is 23.9 Å². The summed E-state index contributed by atoms with van der Waals surface area (Å²) in [5.41, 5.74) is 4.37. The van der Waals surface area contributed by atoms with Crippen LogP contribution in [-0.4, -0.2) is 4.98 Å². The second-order valence-electron chi connectivity index (χ2n) is 9.39. The van der Waals surface area contributed by atoms with Gasteiger partial charge in [0.25, 0.3) is 0 Å². The molecule has 5 aromatic carbocycles. The van der Waals surface area contributed by atoms with Gasteiger partial charge in [0.2, 0.25) is 0 Å². The van der Waals surface area contributed by atoms with Crippen LogP contribution in [-0.2, 0) is 21.1 Å². The maximum absolute atomic E-state index is 6.55. The van der Waals surface area contributed by atoms with E-state index in [1.807, 2.05) is 84.6 Å². The van der Waals surface area contributed by atoms with Crippen molar-refractivity contribution in [1.82, 2.24) is 4.98 Å². The fourth-order valence-corrected chi connectivity index (χ4v) is 5.18. The molecule has 6 heteroatoms. The number of benzene rings is 5. The predicted molar refractivity (Wildman–Crippen MR) is 156 cm³/mol. The van der Waals surface area contributed by atoms with Crippen molar-refractivity contribution in [3.63, 3.8) is 0 Å². The van der Waals surface area contributed by atoms with Crippen LogP contribution in [0.15, 0.2) is 120 Å². The number of furan rings is 1. The summed E-state index contributed by atoms with van der Waals surface area (Å²) in [6.07, 6.45) is 5.83. The van der Waals surface area contributed by atoms with Crippen LogP contribution < -0.4 is 14.5 Å². The number of rotatable bonds is 4. The first-order valence-electron chi connectivity index (χ1n) is 12.7. The molecule has 8 rings (SSSR count). The van der Waals surface area contributed by atoms with Gasteiger partial charge in [-0.3, -0.25) is 0 Å². The largest absolute Gasteiger partial charge is 0.502 e. The molecule has 0 saturated carbocycles. The summed E-state index contributed by atoms with van der Waals surface area (Å²) < 4.78 is 12.9. The van der Waals surface area contributed by atoms with Gasteiger partial charge in [-0.05, 0) is 58.3 Å². The molecule has 0 amide bonds. The second kappa shape index (κ2) is 9.85. The van der Waals surface area contributed by atoms with Crippen LogP contribution in [0, 0.1) is 18.8 Å². The third-order valence-corrected chi connectivity index (χ3v) is 7.01. The zero-order chi connectivity index (χ0) is 25.8. The van der Waals surface area contributed by atoms with E-state index in [-0.39, 0.29) is 21.1 Å². The van der Waals surface area contributed by atoms with Gasteiger partial charge in [-0.15, -0.1) is 35.9 Å². The Morgan fingerprint density at radius 3 is 2.52 bits per heavy atom. The Bertz CT molecular complexity index is 2050. The number of nitrogens with zero attached hydrogens (tertiary/aromatic N) is 3. The van der Waals surface area contributed by atoms with E-state index in [1.165, 1.54) is 0 Å². The molecule has 1 aliphatic rings. The molecule has 0 N–H and O–H groups in total. The van der Waals surface area contributed by atoms with E-state index in [9.17, 15) is 0 Å². The quantitative estimate of drug-likeness (QED) is 0.136. The monoisotopic (exact) mass is 697 g/mol. The molecule has 7 aromatic rings. The average molecular weight is 698 g/mol. The van der Waals surface area contributed by atoms with Gasteiger partial charge in [0.1, 0.15) is 5.58 Å². The summed E-state index contributed by atoms with van der Waals surface area (Å²) in [6, 6.07) is 39.2. The predicted octanol–water partition coefficient (Wildman–Crippen LogP) is 8.59. The Morgan fingerprint density at radius 2 is 1.60 bits per heavy atom. The van der Waals surface area contributed by atoms with E-state index >= 15 is 0 Å². The van der Waals surface area contributed by atoms with Crippen molar-refractivity contribution in [2.75, 3.05) is 9.80 Å². The minimum absolute atomic E-state index is 0. The van der Waals surface area contributed by atoms with Gasteiger partial charge in [-0.1, -0.05) is 66.0 Å². The average Bonchev–Trinajstić information content (AvgIpc) is 3.64. The zero-order valence-corrected chi connectivity index (χ0v) is 23.3. The molecule has 3 heterocycles. The van der Waals surface area contributed by atoms with Crippen molar-refractivity contribution in [3.8, 4) is 11.5 Å². The zero-order valence-electron chi connectivity index (χ0n) is 21.0. The van der Waals surface area contributed by atoms with Crippen LogP contribution in [0.4, 0.5) is 11.4 Å². The van der Waals surface area contributed by atoms with Crippen molar-refractivity contribution in [2.24, 2.45) is 0 Å². The number of pyridine rings is 1. The standard InChI is InChI=1S/C34H20N3O2.Pt/c1-2-9-24(10-3-1)36-18-19-37(22-36)25-11-6-12-26(20-25)38-31-21-29-27(16-15-23-8-7-17-35-33(23)29)34-32(31)28-13-4-5-14-30(28)39-34;/h1-19,22H;/q-3;. The minimum atomic E-state index is 0. The number of ether oxygens (including phenoxy) is 1. The van der Waals surface area contributed by atoms with Crippen LogP contribution in [0.25, 0.3) is 43.6 Å². The summed E-state index contributed by atoms with van der Waals surface area (Å²) in [7, 11) is 0. The van der Waals surface area contributed by atoms with Crippen LogP contribution in [0.1, 0.15) is 0 Å². The Balaban J connectivity index is 0.00000264. The fourth-order valence-electron chi connectivity index (χ4n) is 5.18. The molecule has 0 saturated heterocycles. The molecule has 2 aromatic heterocycles. The maximum atomic E-state index is 6.55. The van der Waals surface area contributed by atoms with Gasteiger partial charge in [0.05, 0.1) is 11.3 Å². The van der Waals surface area contributed by atoms with Crippen molar-refractivity contribution >= 4 is 55.0 Å². The number of aromatic nitrogens is 1. The first-order valence-corrected chi connectivity index (χ1v) is 12.7. The molecule has 1 aliphatic heterocycles. The van der Waals surface area contributed by atoms with Gasteiger partial charge in [-0.25, -0.2) is 0 Å². The molecule has 0 aliphatic carbocycles. The summed E-state index contributed by atoms with van der Waals surface area (Å²) in [4.78, 5) is 8.74. The van der Waals surface area contributed by atoms with E-state index in [1.54, 1.807) is 6.20 Å². The molecule has 5 nitrogen and oxygen atoms in total. The van der Waals surface area contributed by atoms with E-state index < -0.39 is 0 Å². The normalized spacial score (nSPS) is 13.0. The van der Waals surface area contributed by atoms with Crippen molar-refractivity contribution < 1.29 is 30.2 Å². The molecule has 0 bridgehead atoms. The second-order valence-corrected chi connectivity index (χ2v) is 9.39. The number of para-hydroxylation sites is 2. The summed E-state index contributed by atoms with van der Waals surface area (Å²) in [5, 5.41) is 4.72. The maximum Gasteiger partial charge on any atom is 0.123 e. The van der Waals surface area contributed by atoms with Crippen molar-refractivity contribution in [2.45, 2.75) is 0 Å². The number of fused-ring (bicyclic) bond motifs is 7. The smallest absolute Gasteiger partial charge is 0.123 e. The molecular formula is C34H20N3O2Pt-3. The van der Waals surface area contributed by atoms with E-state index in [0.29, 0.717) is 11.5 Å². The van der Waals surface area contributed by atoms with Crippen molar-refractivity contribution in [1.29, 1.82) is 0 Å². The Kier molecular flexibility index (Phi) is 6.02. The number of hydrogen-bond donors (Lipinski definition) is 0. The van der Waals surface area contributed by atoms with Crippen LogP contribution in [0.5, 0.6) is 11.5 Å². The first-order chi connectivity index (χ1) is 19.3. The molecule has 0 radical (unpaired) electrons. The summed E-state index contributed by atoms with van der Waals surface area (Å²) in [6.45, 7) is 2.02. The van der Waals surface area contributed by atoms with Crippen LogP contribution in [0.2, 0.25) is 0 Å². The third kappa shape index (κ3) is 4.02. The van der Waals surface area contributed by atoms with Gasteiger partial charge in [0, 0.05) is 38.7 Å². The molecule has 196 valence electrons. The summed E-state index contributed by atoms with van der Waals surface area (Å²) >= 11 is 0. The molecule has 0 fully saturated rings. The topological polar surface area (TPSA) is 41.7 Å². The van der Waals surface area contributed by atoms with E-state index in [2.05, 4.69) is 58.4 Å².